The van der Waals surface area contributed by atoms with Gasteiger partial charge in [0.1, 0.15) is 12.3 Å². The molecule has 3 aromatic rings. The molecular formula is C22H23N5O5S. The van der Waals surface area contributed by atoms with Gasteiger partial charge in [0.05, 0.1) is 11.0 Å². The number of nitro groups is 1. The molecule has 0 radical (unpaired) electrons. The van der Waals surface area contributed by atoms with E-state index in [1.807, 2.05) is 30.3 Å². The fourth-order valence-electron chi connectivity index (χ4n) is 2.78. The van der Waals surface area contributed by atoms with Crippen LogP contribution in [0, 0.1) is 10.1 Å². The van der Waals surface area contributed by atoms with Crippen LogP contribution in [0.15, 0.2) is 65.3 Å². The van der Waals surface area contributed by atoms with Crippen LogP contribution < -0.4 is 16.4 Å². The number of non-ortho nitro benzene ring substituents is 1. The molecule has 0 aliphatic rings. The molecule has 4 N–H and O–H groups in total. The Morgan fingerprint density at radius 2 is 1.88 bits per heavy atom. The zero-order valence-electron chi connectivity index (χ0n) is 17.8. The zero-order valence-corrected chi connectivity index (χ0v) is 18.6. The van der Waals surface area contributed by atoms with E-state index in [1.165, 1.54) is 42.3 Å². The lowest BCUT2D eigenvalue weighted by Gasteiger charge is -2.18. The average Bonchev–Trinajstić information content (AvgIpc) is 3.30. The summed E-state index contributed by atoms with van der Waals surface area (Å²) in [6.07, 6.45) is 1.19. The molecule has 11 heteroatoms. The number of nitrogens with zero attached hydrogens (tertiary/aromatic N) is 2. The summed E-state index contributed by atoms with van der Waals surface area (Å²) in [7, 11) is 0. The Balaban J connectivity index is 1.69. The lowest BCUT2D eigenvalue weighted by molar-refractivity contribution is -0.384. The number of thioether (sulfide) groups is 1. The van der Waals surface area contributed by atoms with E-state index in [2.05, 4.69) is 15.6 Å². The van der Waals surface area contributed by atoms with E-state index < -0.39 is 28.8 Å². The monoisotopic (exact) mass is 469 g/mol. The average molecular weight is 470 g/mol. The third kappa shape index (κ3) is 6.89. The number of amides is 2. The van der Waals surface area contributed by atoms with Crippen molar-refractivity contribution in [2.24, 2.45) is 5.73 Å². The summed E-state index contributed by atoms with van der Waals surface area (Å²) in [6, 6.07) is 13.8. The molecule has 2 atom stereocenters. The predicted molar refractivity (Wildman–Crippen MR) is 125 cm³/mol. The highest BCUT2D eigenvalue weighted by atomic mass is 32.2. The maximum absolute atomic E-state index is 12.9. The number of benzene rings is 2. The quantitative estimate of drug-likeness (QED) is 0.302. The van der Waals surface area contributed by atoms with Gasteiger partial charge in [0.15, 0.2) is 5.69 Å². The topological polar surface area (TPSA) is 153 Å². The highest BCUT2D eigenvalue weighted by Crippen LogP contribution is 2.18. The summed E-state index contributed by atoms with van der Waals surface area (Å²) in [5.41, 5.74) is 7.10. The van der Waals surface area contributed by atoms with E-state index in [0.717, 1.165) is 5.56 Å². The second-order valence-corrected chi connectivity index (χ2v) is 8.21. The number of nitro benzene ring substituents is 1. The Hall–Kier alpha value is -3.70. The molecule has 2 aromatic carbocycles. The highest BCUT2D eigenvalue weighted by molar-refractivity contribution is 7.98. The second-order valence-electron chi connectivity index (χ2n) is 7.18. The van der Waals surface area contributed by atoms with Gasteiger partial charge in [0.25, 0.3) is 11.6 Å². The normalized spacial score (nSPS) is 12.5. The Kier molecular flexibility index (Phi) is 8.17. The van der Waals surface area contributed by atoms with E-state index in [9.17, 15) is 19.7 Å². The number of anilines is 1. The van der Waals surface area contributed by atoms with Crippen molar-refractivity contribution >= 4 is 35.0 Å². The largest absolute Gasteiger partial charge is 0.446 e. The minimum absolute atomic E-state index is 0.0171. The molecule has 0 saturated carbocycles. The SMILES string of the molecule is CC(N)c1nc(C(=O)NC(CSCc2ccccc2)C(=O)Nc2ccc([N+](=O)[O-])cc2)co1. The standard InChI is InChI=1S/C22H23N5O5S/c1-14(23)22-26-18(11-32-22)20(28)25-19(13-33-12-15-5-3-2-4-6-15)21(29)24-16-7-9-17(10-8-16)27(30)31/h2-11,14,19H,12-13,23H2,1H3,(H,24,29)(H,25,28). The van der Waals surface area contributed by atoms with Crippen molar-refractivity contribution in [3.05, 3.63) is 88.1 Å². The number of nitrogens with one attached hydrogen (secondary N) is 2. The molecule has 172 valence electrons. The van der Waals surface area contributed by atoms with Crippen LogP contribution in [-0.2, 0) is 10.5 Å². The molecule has 1 heterocycles. The van der Waals surface area contributed by atoms with Crippen LogP contribution in [0.4, 0.5) is 11.4 Å². The Bertz CT molecular complexity index is 1100. The van der Waals surface area contributed by atoms with Gasteiger partial charge in [-0.1, -0.05) is 30.3 Å². The summed E-state index contributed by atoms with van der Waals surface area (Å²) >= 11 is 1.48. The molecule has 2 amide bonds. The zero-order chi connectivity index (χ0) is 23.8. The van der Waals surface area contributed by atoms with Crippen LogP contribution in [0.25, 0.3) is 0 Å². The van der Waals surface area contributed by atoms with Crippen molar-refractivity contribution in [1.82, 2.24) is 10.3 Å². The maximum Gasteiger partial charge on any atom is 0.273 e. The summed E-state index contributed by atoms with van der Waals surface area (Å²) < 4.78 is 5.20. The van der Waals surface area contributed by atoms with E-state index in [-0.39, 0.29) is 23.0 Å². The molecule has 0 aliphatic heterocycles. The maximum atomic E-state index is 12.9. The minimum atomic E-state index is -0.892. The Labute approximate surface area is 194 Å². The molecule has 33 heavy (non-hydrogen) atoms. The summed E-state index contributed by atoms with van der Waals surface area (Å²) in [6.45, 7) is 1.67. The van der Waals surface area contributed by atoms with Crippen LogP contribution in [0.5, 0.6) is 0 Å². The van der Waals surface area contributed by atoms with Gasteiger partial charge in [-0.05, 0) is 24.6 Å². The fourth-order valence-corrected chi connectivity index (χ4v) is 3.80. The van der Waals surface area contributed by atoms with Gasteiger partial charge in [0, 0.05) is 29.3 Å². The molecule has 0 aliphatic carbocycles. The first kappa shape index (κ1) is 24.0. The highest BCUT2D eigenvalue weighted by Gasteiger charge is 2.24. The molecule has 0 bridgehead atoms. The van der Waals surface area contributed by atoms with Crippen molar-refractivity contribution in [2.45, 2.75) is 24.8 Å². The number of oxazole rings is 1. The van der Waals surface area contributed by atoms with Crippen LogP contribution in [-0.4, -0.2) is 33.5 Å². The lowest BCUT2D eigenvalue weighted by Crippen LogP contribution is -2.45. The first-order valence-electron chi connectivity index (χ1n) is 10.0. The molecule has 0 saturated heterocycles. The first-order valence-corrected chi connectivity index (χ1v) is 11.2. The van der Waals surface area contributed by atoms with Crippen molar-refractivity contribution in [3.63, 3.8) is 0 Å². The molecule has 0 fully saturated rings. The fraction of sp³-hybridized carbons (Fsp3) is 0.227. The number of carbonyl (C=O) groups is 2. The van der Waals surface area contributed by atoms with Crippen molar-refractivity contribution in [2.75, 3.05) is 11.1 Å². The number of aromatic nitrogens is 1. The summed E-state index contributed by atoms with van der Waals surface area (Å²) in [5, 5.41) is 16.2. The predicted octanol–water partition coefficient (Wildman–Crippen LogP) is 3.27. The second kappa shape index (κ2) is 11.2. The van der Waals surface area contributed by atoms with Crippen LogP contribution >= 0.6 is 11.8 Å². The summed E-state index contributed by atoms with van der Waals surface area (Å²) in [5.74, 6) is 0.114. The van der Waals surface area contributed by atoms with Crippen molar-refractivity contribution in [1.29, 1.82) is 0 Å². The van der Waals surface area contributed by atoms with E-state index >= 15 is 0 Å². The van der Waals surface area contributed by atoms with Gasteiger partial charge in [0.2, 0.25) is 11.8 Å². The smallest absolute Gasteiger partial charge is 0.273 e. The minimum Gasteiger partial charge on any atom is -0.446 e. The molecule has 3 rings (SSSR count). The van der Waals surface area contributed by atoms with Gasteiger partial charge < -0.3 is 20.8 Å². The molecule has 0 spiro atoms. The van der Waals surface area contributed by atoms with E-state index in [0.29, 0.717) is 11.4 Å². The van der Waals surface area contributed by atoms with E-state index in [4.69, 9.17) is 10.2 Å². The third-order valence-corrected chi connectivity index (χ3v) is 5.61. The van der Waals surface area contributed by atoms with Gasteiger partial charge >= 0.3 is 0 Å². The lowest BCUT2D eigenvalue weighted by atomic mass is 10.2. The molecular weight excluding hydrogens is 446 g/mol. The number of hydrogen-bond donors (Lipinski definition) is 3. The van der Waals surface area contributed by atoms with Crippen LogP contribution in [0.3, 0.4) is 0 Å². The third-order valence-electron chi connectivity index (χ3n) is 4.51. The van der Waals surface area contributed by atoms with Gasteiger partial charge in [-0.3, -0.25) is 19.7 Å². The number of carbonyl (C=O) groups excluding carboxylic acids is 2. The molecule has 1 aromatic heterocycles. The molecule has 10 nitrogen and oxygen atoms in total. The van der Waals surface area contributed by atoms with Gasteiger partial charge in [-0.25, -0.2) is 4.98 Å². The van der Waals surface area contributed by atoms with Crippen molar-refractivity contribution in [3.8, 4) is 0 Å². The van der Waals surface area contributed by atoms with Crippen LogP contribution in [0.1, 0.15) is 34.9 Å². The number of nitrogens with two attached hydrogens (primary N) is 1. The molecule has 2 unspecified atom stereocenters. The van der Waals surface area contributed by atoms with Crippen LogP contribution in [0.2, 0.25) is 0 Å². The van der Waals surface area contributed by atoms with E-state index in [1.54, 1.807) is 6.92 Å². The number of hydrogen-bond acceptors (Lipinski definition) is 8. The Morgan fingerprint density at radius 3 is 2.48 bits per heavy atom. The number of rotatable bonds is 10. The Morgan fingerprint density at radius 1 is 1.18 bits per heavy atom. The van der Waals surface area contributed by atoms with Gasteiger partial charge in [-0.2, -0.15) is 11.8 Å². The van der Waals surface area contributed by atoms with Crippen molar-refractivity contribution < 1.29 is 18.9 Å². The van der Waals surface area contributed by atoms with Gasteiger partial charge in [-0.15, -0.1) is 0 Å². The summed E-state index contributed by atoms with van der Waals surface area (Å²) in [4.78, 5) is 39.9. The first-order chi connectivity index (χ1) is 15.8.